The summed E-state index contributed by atoms with van der Waals surface area (Å²) in [5.41, 5.74) is 0. The molecule has 1 aliphatic heterocycles. The van der Waals surface area contributed by atoms with E-state index >= 15 is 0 Å². The lowest BCUT2D eigenvalue weighted by Gasteiger charge is -2.43. The minimum atomic E-state index is -6.43. The predicted molar refractivity (Wildman–Crippen MR) is 165 cm³/mol. The summed E-state index contributed by atoms with van der Waals surface area (Å²) in [5.74, 6) is 0. The number of hydrogen-bond acceptors (Lipinski definition) is 29. The van der Waals surface area contributed by atoms with Gasteiger partial charge in [-0.1, -0.05) is 0 Å². The fraction of sp³-hybridized carbons (Fsp3) is 1.00. The summed E-state index contributed by atoms with van der Waals surface area (Å²) in [6, 6.07) is 0. The molecule has 0 bridgehead atoms. The summed E-state index contributed by atoms with van der Waals surface area (Å²) in [5, 5.41) is 0. The SMILES string of the molecule is O=S(=O)(O)OC[C@H](OS(=O)(=O)O)[C@H](OS(=O)(=O)O)[C@@H](OS(=O)(=O)O)[C@H](CO[C@@H]1O[C@H](COS(=O)(=O)O)[C@@H](OS(=O)(=O)O)[C@@H](OS(=O)(=O)O)[C@@H]1OS(=O)(=O)O)OS(=O)(=O)O. The van der Waals surface area contributed by atoms with Gasteiger partial charge in [-0.2, -0.15) is 75.8 Å². The molecule has 0 saturated carbocycles. The molecule has 0 aliphatic carbocycles. The molecule has 1 saturated heterocycles. The Hall–Kier alpha value is -1.25. The van der Waals surface area contributed by atoms with Crippen molar-refractivity contribution in [2.45, 2.75) is 55.1 Å². The average Bonchev–Trinajstić information content (AvgIpc) is 2.92. The second-order valence-electron chi connectivity index (χ2n) is 9.87. The molecule has 59 heavy (non-hydrogen) atoms. The summed E-state index contributed by atoms with van der Waals surface area (Å²) in [4.78, 5) is 0. The third kappa shape index (κ3) is 24.8. The van der Waals surface area contributed by atoms with Gasteiger partial charge in [0.2, 0.25) is 0 Å². The van der Waals surface area contributed by atoms with Crippen LogP contribution < -0.4 is 0 Å². The van der Waals surface area contributed by atoms with E-state index in [1.807, 2.05) is 0 Å². The van der Waals surface area contributed by atoms with E-state index in [4.69, 9.17) is 23.1 Å². The van der Waals surface area contributed by atoms with Crippen LogP contribution in [-0.2, 0) is 141 Å². The second kappa shape index (κ2) is 20.1. The van der Waals surface area contributed by atoms with Gasteiger partial charge < -0.3 is 9.47 Å². The Morgan fingerprint density at radius 3 is 1.07 bits per heavy atom. The van der Waals surface area contributed by atoms with Crippen molar-refractivity contribution in [3.8, 4) is 0 Å². The van der Waals surface area contributed by atoms with E-state index in [1.165, 1.54) is 0 Å². The van der Waals surface area contributed by atoms with Crippen molar-refractivity contribution in [1.29, 1.82) is 0 Å². The highest BCUT2D eigenvalue weighted by Gasteiger charge is 2.55. The van der Waals surface area contributed by atoms with Crippen LogP contribution in [0.25, 0.3) is 0 Å². The normalized spacial score (nSPS) is 24.3. The zero-order valence-corrected chi connectivity index (χ0v) is 34.2. The first-order valence-electron chi connectivity index (χ1n) is 12.9. The maximum Gasteiger partial charge on any atom is 0.397 e. The Balaban J connectivity index is 4.25. The van der Waals surface area contributed by atoms with Crippen LogP contribution in [0.5, 0.6) is 0 Å². The Morgan fingerprint density at radius 1 is 0.390 bits per heavy atom. The fourth-order valence-corrected chi connectivity index (χ4v) is 8.09. The minimum Gasteiger partial charge on any atom is -0.347 e. The van der Waals surface area contributed by atoms with Gasteiger partial charge in [-0.25, -0.2) is 37.6 Å². The third-order valence-corrected chi connectivity index (χ3v) is 9.66. The topological polar surface area (TPSA) is 591 Å². The Kier molecular flexibility index (Phi) is 19.0. The fourth-order valence-electron chi connectivity index (χ4n) is 4.00. The van der Waals surface area contributed by atoms with Crippen molar-refractivity contribution < 1.29 is 164 Å². The van der Waals surface area contributed by atoms with Crippen LogP contribution in [0, 0.1) is 0 Å². The van der Waals surface area contributed by atoms with Gasteiger partial charge in [0.15, 0.2) is 12.4 Å². The maximum atomic E-state index is 11.8. The van der Waals surface area contributed by atoms with Crippen LogP contribution in [0.3, 0.4) is 0 Å². The van der Waals surface area contributed by atoms with E-state index in [9.17, 15) is 103 Å². The van der Waals surface area contributed by atoms with Crippen molar-refractivity contribution in [2.24, 2.45) is 0 Å². The van der Waals surface area contributed by atoms with Crippen LogP contribution in [0.1, 0.15) is 0 Å². The van der Waals surface area contributed by atoms with E-state index < -0.39 is 169 Å². The van der Waals surface area contributed by atoms with Crippen molar-refractivity contribution in [2.75, 3.05) is 19.8 Å². The predicted octanol–water partition coefficient (Wildman–Crippen LogP) is -7.32. The zero-order valence-electron chi connectivity index (χ0n) is 26.9. The monoisotopic (exact) mass is 1060 g/mol. The van der Waals surface area contributed by atoms with E-state index in [0.29, 0.717) is 0 Å². The van der Waals surface area contributed by atoms with Crippen molar-refractivity contribution in [3.63, 3.8) is 0 Å². The summed E-state index contributed by atoms with van der Waals surface area (Å²) < 4.78 is 336. The molecule has 0 radical (unpaired) electrons. The standard InChI is InChI=1S/C12H24O38S9/c13-51(14,15)41-2-4-7(46-55(25,26)27)10(49-58(34,35)36)11(50-59(37,38)39)12(43-4)40-1-5(44-53(19,20)21)8(47-56(28,29)30)9(48-57(31,32)33)6(45-54(22,23)24)3-42-52(16,17)18/h4-12H,1-3H2,(H,13,14,15)(H,16,17,18)(H,19,20,21)(H,22,23,24)(H,25,26,27)(H,28,29,30)(H,31,32,33)(H,34,35,36)(H,37,38,39)/t4-,5+,6+,7-,8+,9+,10-,11+,12-/m1/s1. The highest BCUT2D eigenvalue weighted by molar-refractivity contribution is 7.82. The molecule has 1 aliphatic rings. The quantitative estimate of drug-likeness (QED) is 0.0363. The highest BCUT2D eigenvalue weighted by Crippen LogP contribution is 2.33. The van der Waals surface area contributed by atoms with Gasteiger partial charge in [0, 0.05) is 0 Å². The molecule has 38 nitrogen and oxygen atoms in total. The number of rotatable bonds is 26. The van der Waals surface area contributed by atoms with Gasteiger partial charge in [0.25, 0.3) is 0 Å². The van der Waals surface area contributed by atoms with Crippen LogP contribution in [0.4, 0.5) is 0 Å². The molecule has 1 rings (SSSR count). The first kappa shape index (κ1) is 55.8. The summed E-state index contributed by atoms with van der Waals surface area (Å²) in [6.45, 7) is -6.58. The lowest BCUT2D eigenvalue weighted by molar-refractivity contribution is -0.292. The van der Waals surface area contributed by atoms with Gasteiger partial charge in [-0.05, 0) is 0 Å². The molecule has 1 heterocycles. The Morgan fingerprint density at radius 2 is 0.729 bits per heavy atom. The van der Waals surface area contributed by atoms with Crippen LogP contribution in [0.2, 0.25) is 0 Å². The Bertz CT molecular complexity index is 2470. The van der Waals surface area contributed by atoms with Gasteiger partial charge in [0.05, 0.1) is 19.8 Å². The highest BCUT2D eigenvalue weighted by atomic mass is 32.3. The van der Waals surface area contributed by atoms with Gasteiger partial charge >= 0.3 is 93.6 Å². The van der Waals surface area contributed by atoms with E-state index in [2.05, 4.69) is 37.6 Å². The number of hydrogen-bond donors (Lipinski definition) is 9. The van der Waals surface area contributed by atoms with E-state index in [-0.39, 0.29) is 0 Å². The largest absolute Gasteiger partial charge is 0.397 e. The second-order valence-corrected chi connectivity index (χ2v) is 19.4. The van der Waals surface area contributed by atoms with Gasteiger partial charge in [-0.15, -0.1) is 0 Å². The van der Waals surface area contributed by atoms with Crippen LogP contribution in [-0.4, -0.2) is 192 Å². The lowest BCUT2D eigenvalue weighted by Crippen LogP contribution is -2.63. The first-order chi connectivity index (χ1) is 25.8. The molecule has 9 atom stereocenters. The van der Waals surface area contributed by atoms with Gasteiger partial charge in [0.1, 0.15) is 42.7 Å². The molecular formula is C12H24O38S9. The van der Waals surface area contributed by atoms with Crippen LogP contribution >= 0.6 is 0 Å². The summed E-state index contributed by atoms with van der Waals surface area (Å²) in [6.07, 6.45) is -30.7. The molecular weight excluding hydrogens is 1040 g/mol. The first-order valence-corrected chi connectivity index (χ1v) is 25.2. The van der Waals surface area contributed by atoms with Gasteiger partial charge in [-0.3, -0.25) is 41.0 Å². The molecule has 0 aromatic heterocycles. The van der Waals surface area contributed by atoms with Crippen molar-refractivity contribution in [1.82, 2.24) is 0 Å². The molecule has 0 unspecified atom stereocenters. The maximum absolute atomic E-state index is 11.8. The summed E-state index contributed by atoms with van der Waals surface area (Å²) >= 11 is 0. The van der Waals surface area contributed by atoms with Crippen LogP contribution in [0.15, 0.2) is 0 Å². The average molecular weight is 1060 g/mol. The molecule has 47 heteroatoms. The van der Waals surface area contributed by atoms with Crippen molar-refractivity contribution in [3.05, 3.63) is 0 Å². The molecule has 1 fully saturated rings. The molecule has 0 aromatic carbocycles. The van der Waals surface area contributed by atoms with E-state index in [1.54, 1.807) is 0 Å². The zero-order chi connectivity index (χ0) is 46.6. The molecule has 9 N–H and O–H groups in total. The van der Waals surface area contributed by atoms with E-state index in [0.717, 1.165) is 0 Å². The summed E-state index contributed by atoms with van der Waals surface area (Å²) in [7, 11) is -55.4. The molecule has 0 amide bonds. The molecule has 0 spiro atoms. The molecule has 0 aromatic rings. The van der Waals surface area contributed by atoms with Crippen molar-refractivity contribution >= 4 is 93.6 Å². The smallest absolute Gasteiger partial charge is 0.347 e. The molecule has 354 valence electrons. The number of ether oxygens (including phenoxy) is 2. The Labute approximate surface area is 331 Å². The minimum absolute atomic E-state index is 1.95. The lowest BCUT2D eigenvalue weighted by atomic mass is 9.99. The third-order valence-electron chi connectivity index (χ3n) is 5.49.